The van der Waals surface area contributed by atoms with E-state index in [1.54, 1.807) is 13.8 Å². The fraction of sp³-hybridized carbons (Fsp3) is 0.833. The van der Waals surface area contributed by atoms with Gasteiger partial charge in [-0.2, -0.15) is 0 Å². The molecule has 0 unspecified atom stereocenters. The molecule has 0 aromatic heterocycles. The van der Waals surface area contributed by atoms with Gasteiger partial charge < -0.3 is 5.11 Å². The first kappa shape index (κ1) is 8.40. The van der Waals surface area contributed by atoms with Crippen molar-refractivity contribution < 1.29 is 14.3 Å². The summed E-state index contributed by atoms with van der Waals surface area (Å²) in [4.78, 5) is 9.92. The van der Waals surface area contributed by atoms with E-state index in [-0.39, 0.29) is 5.92 Å². The van der Waals surface area contributed by atoms with Crippen molar-refractivity contribution in [2.75, 3.05) is 0 Å². The van der Waals surface area contributed by atoms with E-state index < -0.39 is 12.1 Å². The van der Waals surface area contributed by atoms with E-state index in [0.717, 1.165) is 0 Å². The summed E-state index contributed by atoms with van der Waals surface area (Å²) >= 11 is 0. The third-order valence-corrected chi connectivity index (χ3v) is 1.38. The fourth-order valence-corrected chi connectivity index (χ4v) is 0.450. The van der Waals surface area contributed by atoms with Gasteiger partial charge in [0.2, 0.25) is 0 Å². The molecule has 0 aliphatic heterocycles. The van der Waals surface area contributed by atoms with Crippen LogP contribution in [0.4, 0.5) is 4.39 Å². The Bertz CT molecular complexity index is 103. The SMILES string of the molecule is CC[C@@H](C)[C@@H](F)C(=O)O. The minimum Gasteiger partial charge on any atom is -0.479 e. The lowest BCUT2D eigenvalue weighted by atomic mass is 10.0. The van der Waals surface area contributed by atoms with E-state index in [9.17, 15) is 9.18 Å². The van der Waals surface area contributed by atoms with Crippen LogP contribution in [0.15, 0.2) is 0 Å². The molecular formula is C6H11FO2. The summed E-state index contributed by atoms with van der Waals surface area (Å²) in [6.45, 7) is 3.35. The topological polar surface area (TPSA) is 37.3 Å². The highest BCUT2D eigenvalue weighted by molar-refractivity contribution is 5.72. The Balaban J connectivity index is 3.72. The van der Waals surface area contributed by atoms with E-state index in [2.05, 4.69) is 0 Å². The summed E-state index contributed by atoms with van der Waals surface area (Å²) in [5.41, 5.74) is 0. The molecule has 0 aromatic rings. The van der Waals surface area contributed by atoms with Gasteiger partial charge >= 0.3 is 5.97 Å². The molecule has 2 nitrogen and oxygen atoms in total. The second kappa shape index (κ2) is 3.43. The zero-order valence-corrected chi connectivity index (χ0v) is 5.60. The molecule has 0 spiro atoms. The number of carboxylic acid groups (broad SMARTS) is 1. The van der Waals surface area contributed by atoms with Crippen LogP contribution in [0.25, 0.3) is 0 Å². The molecule has 0 aliphatic carbocycles. The van der Waals surface area contributed by atoms with Gasteiger partial charge in [0.05, 0.1) is 0 Å². The van der Waals surface area contributed by atoms with Crippen molar-refractivity contribution in [3.63, 3.8) is 0 Å². The van der Waals surface area contributed by atoms with Crippen LogP contribution in [-0.2, 0) is 4.79 Å². The minimum atomic E-state index is -1.70. The Morgan fingerprint density at radius 2 is 2.22 bits per heavy atom. The van der Waals surface area contributed by atoms with Crippen LogP contribution in [0.3, 0.4) is 0 Å². The van der Waals surface area contributed by atoms with Crippen molar-refractivity contribution in [1.82, 2.24) is 0 Å². The van der Waals surface area contributed by atoms with Gasteiger partial charge in [0, 0.05) is 0 Å². The van der Waals surface area contributed by atoms with E-state index >= 15 is 0 Å². The molecule has 0 rings (SSSR count). The van der Waals surface area contributed by atoms with E-state index in [1.165, 1.54) is 0 Å². The lowest BCUT2D eigenvalue weighted by Gasteiger charge is -2.08. The summed E-state index contributed by atoms with van der Waals surface area (Å²) < 4.78 is 12.3. The molecule has 0 fully saturated rings. The molecule has 3 heteroatoms. The van der Waals surface area contributed by atoms with Crippen LogP contribution in [0.5, 0.6) is 0 Å². The molecule has 0 heterocycles. The molecule has 0 radical (unpaired) electrons. The van der Waals surface area contributed by atoms with Gasteiger partial charge in [-0.1, -0.05) is 20.3 Å². The first-order valence-corrected chi connectivity index (χ1v) is 2.96. The van der Waals surface area contributed by atoms with Crippen LogP contribution >= 0.6 is 0 Å². The molecule has 0 aliphatic rings. The largest absolute Gasteiger partial charge is 0.479 e. The van der Waals surface area contributed by atoms with E-state index in [0.29, 0.717) is 6.42 Å². The lowest BCUT2D eigenvalue weighted by Crippen LogP contribution is -2.22. The van der Waals surface area contributed by atoms with Gasteiger partial charge in [0.1, 0.15) is 0 Å². The number of halogens is 1. The maximum Gasteiger partial charge on any atom is 0.338 e. The highest BCUT2D eigenvalue weighted by Gasteiger charge is 2.21. The molecule has 0 saturated carbocycles. The van der Waals surface area contributed by atoms with Gasteiger partial charge in [-0.25, -0.2) is 9.18 Å². The molecular weight excluding hydrogens is 123 g/mol. The summed E-state index contributed by atoms with van der Waals surface area (Å²) in [5.74, 6) is -1.73. The molecule has 9 heavy (non-hydrogen) atoms. The Hall–Kier alpha value is -0.600. The molecule has 0 bridgehead atoms. The summed E-state index contributed by atoms with van der Waals surface area (Å²) in [7, 11) is 0. The van der Waals surface area contributed by atoms with Gasteiger partial charge in [0.15, 0.2) is 6.17 Å². The number of hydrogen-bond donors (Lipinski definition) is 1. The average Bonchev–Trinajstić information content (AvgIpc) is 1.84. The van der Waals surface area contributed by atoms with Gasteiger partial charge in [-0.3, -0.25) is 0 Å². The number of rotatable bonds is 3. The Labute approximate surface area is 53.7 Å². The first-order chi connectivity index (χ1) is 4.09. The standard InChI is InChI=1S/C6H11FO2/c1-3-4(2)5(7)6(8)9/h4-5H,3H2,1-2H3,(H,8,9)/t4-,5-/m1/s1. The molecule has 2 atom stereocenters. The van der Waals surface area contributed by atoms with Gasteiger partial charge in [0.25, 0.3) is 0 Å². The van der Waals surface area contributed by atoms with Crippen molar-refractivity contribution in [2.45, 2.75) is 26.4 Å². The molecule has 0 aromatic carbocycles. The number of carbonyl (C=O) groups is 1. The Morgan fingerprint density at radius 3 is 2.33 bits per heavy atom. The van der Waals surface area contributed by atoms with Crippen LogP contribution in [0, 0.1) is 5.92 Å². The quantitative estimate of drug-likeness (QED) is 0.634. The van der Waals surface area contributed by atoms with Crippen molar-refractivity contribution in [3.8, 4) is 0 Å². The molecule has 54 valence electrons. The second-order valence-corrected chi connectivity index (χ2v) is 2.13. The number of alkyl halides is 1. The third-order valence-electron chi connectivity index (χ3n) is 1.38. The number of hydrogen-bond acceptors (Lipinski definition) is 1. The van der Waals surface area contributed by atoms with Crippen LogP contribution in [-0.4, -0.2) is 17.2 Å². The zero-order valence-electron chi connectivity index (χ0n) is 5.60. The molecule has 1 N–H and O–H groups in total. The van der Waals surface area contributed by atoms with Crippen molar-refractivity contribution in [2.24, 2.45) is 5.92 Å². The monoisotopic (exact) mass is 134 g/mol. The van der Waals surface area contributed by atoms with Crippen LogP contribution < -0.4 is 0 Å². The lowest BCUT2D eigenvalue weighted by molar-refractivity contribution is -0.144. The van der Waals surface area contributed by atoms with Crippen molar-refractivity contribution in [1.29, 1.82) is 0 Å². The smallest absolute Gasteiger partial charge is 0.338 e. The maximum absolute atomic E-state index is 12.3. The number of carboxylic acids is 1. The molecule has 0 saturated heterocycles. The summed E-state index contributed by atoms with van der Waals surface area (Å²) in [5, 5.41) is 8.11. The van der Waals surface area contributed by atoms with Crippen molar-refractivity contribution in [3.05, 3.63) is 0 Å². The van der Waals surface area contributed by atoms with Crippen LogP contribution in [0.2, 0.25) is 0 Å². The van der Waals surface area contributed by atoms with Crippen LogP contribution in [0.1, 0.15) is 20.3 Å². The fourth-order valence-electron chi connectivity index (χ4n) is 0.450. The predicted octanol–water partition coefficient (Wildman–Crippen LogP) is 1.46. The second-order valence-electron chi connectivity index (χ2n) is 2.13. The van der Waals surface area contributed by atoms with E-state index in [1.807, 2.05) is 0 Å². The normalized spacial score (nSPS) is 16.8. The zero-order chi connectivity index (χ0) is 7.44. The number of aliphatic carboxylic acids is 1. The summed E-state index contributed by atoms with van der Waals surface area (Å²) in [6, 6.07) is 0. The van der Waals surface area contributed by atoms with Gasteiger partial charge in [-0.15, -0.1) is 0 Å². The highest BCUT2D eigenvalue weighted by atomic mass is 19.1. The first-order valence-electron chi connectivity index (χ1n) is 2.96. The average molecular weight is 134 g/mol. The predicted molar refractivity (Wildman–Crippen MR) is 32.0 cm³/mol. The van der Waals surface area contributed by atoms with E-state index in [4.69, 9.17) is 5.11 Å². The van der Waals surface area contributed by atoms with Gasteiger partial charge in [-0.05, 0) is 5.92 Å². The minimum absolute atomic E-state index is 0.373. The Kier molecular flexibility index (Phi) is 3.20. The molecule has 0 amide bonds. The van der Waals surface area contributed by atoms with Crippen molar-refractivity contribution >= 4 is 5.97 Å². The summed E-state index contributed by atoms with van der Waals surface area (Å²) in [6.07, 6.45) is -1.14. The third kappa shape index (κ3) is 2.44. The Morgan fingerprint density at radius 1 is 1.78 bits per heavy atom. The highest BCUT2D eigenvalue weighted by Crippen LogP contribution is 2.10. The maximum atomic E-state index is 12.3.